The van der Waals surface area contributed by atoms with E-state index in [1.165, 1.54) is 5.56 Å². The predicted octanol–water partition coefficient (Wildman–Crippen LogP) is 6.77. The maximum Gasteiger partial charge on any atom is 0.344 e. The molecular formula is C30H24N2O4S. The average Bonchev–Trinajstić information content (AvgIpc) is 3.37. The minimum absolute atomic E-state index is 0.111. The summed E-state index contributed by atoms with van der Waals surface area (Å²) in [6.45, 7) is 5.98. The lowest BCUT2D eigenvalue weighted by molar-refractivity contribution is 0.0951. The molecule has 0 spiro atoms. The molecule has 0 radical (unpaired) electrons. The SMILES string of the molecule is Cc1ccc(-c2ccc(C(=O)NC(=S)Nc3cc(-c4cc5ccccc5oc4=O)ccc3C)o2)cc1C. The third-order valence-electron chi connectivity index (χ3n) is 6.29. The van der Waals surface area contributed by atoms with Crippen molar-refractivity contribution in [3.8, 4) is 22.5 Å². The number of para-hydroxylation sites is 1. The fourth-order valence-electron chi connectivity index (χ4n) is 4.02. The second kappa shape index (κ2) is 9.87. The van der Waals surface area contributed by atoms with Gasteiger partial charge in [0, 0.05) is 16.6 Å². The number of carbonyl (C=O) groups is 1. The molecule has 0 aliphatic carbocycles. The Kier molecular flexibility index (Phi) is 6.46. The van der Waals surface area contributed by atoms with Crippen molar-refractivity contribution in [1.82, 2.24) is 5.32 Å². The molecule has 0 atom stereocenters. The van der Waals surface area contributed by atoms with Crippen LogP contribution in [0.3, 0.4) is 0 Å². The maximum absolute atomic E-state index is 12.8. The van der Waals surface area contributed by atoms with E-state index in [4.69, 9.17) is 21.1 Å². The molecule has 0 aliphatic heterocycles. The van der Waals surface area contributed by atoms with E-state index < -0.39 is 11.5 Å². The van der Waals surface area contributed by atoms with E-state index >= 15 is 0 Å². The lowest BCUT2D eigenvalue weighted by Gasteiger charge is -2.13. The summed E-state index contributed by atoms with van der Waals surface area (Å²) in [5.74, 6) is 0.290. The lowest BCUT2D eigenvalue weighted by atomic mass is 10.0. The molecule has 5 rings (SSSR count). The number of anilines is 1. The van der Waals surface area contributed by atoms with Gasteiger partial charge in [-0.05, 0) is 91.6 Å². The first-order valence-corrected chi connectivity index (χ1v) is 12.1. The smallest absolute Gasteiger partial charge is 0.344 e. The van der Waals surface area contributed by atoms with Crippen LogP contribution in [-0.4, -0.2) is 11.0 Å². The first-order chi connectivity index (χ1) is 17.8. The Morgan fingerprint density at radius 2 is 1.54 bits per heavy atom. The zero-order valence-corrected chi connectivity index (χ0v) is 21.4. The molecule has 2 aromatic heterocycles. The Labute approximate surface area is 218 Å². The van der Waals surface area contributed by atoms with Gasteiger partial charge >= 0.3 is 5.63 Å². The number of benzene rings is 3. The number of furan rings is 1. The minimum Gasteiger partial charge on any atom is -0.451 e. The Bertz CT molecular complexity index is 1730. The van der Waals surface area contributed by atoms with E-state index in [1.54, 1.807) is 30.3 Å². The Morgan fingerprint density at radius 1 is 0.784 bits per heavy atom. The van der Waals surface area contributed by atoms with Crippen LogP contribution >= 0.6 is 12.2 Å². The molecule has 5 aromatic rings. The number of amides is 1. The van der Waals surface area contributed by atoms with Gasteiger partial charge in [0.1, 0.15) is 11.3 Å². The highest BCUT2D eigenvalue weighted by atomic mass is 32.1. The normalized spacial score (nSPS) is 10.9. The van der Waals surface area contributed by atoms with Gasteiger partial charge in [0.15, 0.2) is 10.9 Å². The van der Waals surface area contributed by atoms with E-state index in [1.807, 2.05) is 69.3 Å². The minimum atomic E-state index is -0.462. The van der Waals surface area contributed by atoms with Crippen LogP contribution in [0.5, 0.6) is 0 Å². The van der Waals surface area contributed by atoms with Crippen molar-refractivity contribution in [2.24, 2.45) is 0 Å². The summed E-state index contributed by atoms with van der Waals surface area (Å²) in [7, 11) is 0. The molecule has 1 amide bonds. The molecular weight excluding hydrogens is 484 g/mol. The van der Waals surface area contributed by atoms with Crippen molar-refractivity contribution in [3.63, 3.8) is 0 Å². The molecule has 0 fully saturated rings. The largest absolute Gasteiger partial charge is 0.451 e. The number of hydrogen-bond donors (Lipinski definition) is 2. The van der Waals surface area contributed by atoms with Crippen LogP contribution in [0.15, 0.2) is 92.5 Å². The lowest BCUT2D eigenvalue weighted by Crippen LogP contribution is -2.34. The number of hydrogen-bond acceptors (Lipinski definition) is 5. The number of thiocarbonyl (C=S) groups is 1. The molecule has 6 nitrogen and oxygen atoms in total. The fraction of sp³-hybridized carbons (Fsp3) is 0.100. The van der Waals surface area contributed by atoms with E-state index in [-0.39, 0.29) is 10.9 Å². The summed E-state index contributed by atoms with van der Waals surface area (Å²) in [6, 6.07) is 24.1. The van der Waals surface area contributed by atoms with Crippen molar-refractivity contribution in [2.75, 3.05) is 5.32 Å². The van der Waals surface area contributed by atoms with Crippen molar-refractivity contribution >= 4 is 39.9 Å². The van der Waals surface area contributed by atoms with Gasteiger partial charge in [-0.2, -0.15) is 0 Å². The molecule has 0 saturated heterocycles. The number of nitrogens with one attached hydrogen (secondary N) is 2. The Morgan fingerprint density at radius 3 is 2.35 bits per heavy atom. The molecule has 0 bridgehead atoms. The fourth-order valence-corrected chi connectivity index (χ4v) is 4.22. The second-order valence-corrected chi connectivity index (χ2v) is 9.29. The number of rotatable bonds is 4. The van der Waals surface area contributed by atoms with Crippen LogP contribution in [0.2, 0.25) is 0 Å². The Hall–Kier alpha value is -4.49. The van der Waals surface area contributed by atoms with E-state index in [0.29, 0.717) is 28.2 Å². The molecule has 184 valence electrons. The van der Waals surface area contributed by atoms with E-state index in [2.05, 4.69) is 10.6 Å². The highest BCUT2D eigenvalue weighted by Crippen LogP contribution is 2.27. The highest BCUT2D eigenvalue weighted by molar-refractivity contribution is 7.80. The van der Waals surface area contributed by atoms with Crippen LogP contribution in [0.4, 0.5) is 5.69 Å². The summed E-state index contributed by atoms with van der Waals surface area (Å²) < 4.78 is 11.3. The van der Waals surface area contributed by atoms with Gasteiger partial charge in [0.2, 0.25) is 0 Å². The van der Waals surface area contributed by atoms with E-state index in [9.17, 15) is 9.59 Å². The quantitative estimate of drug-likeness (QED) is 0.206. The van der Waals surface area contributed by atoms with Gasteiger partial charge in [-0.3, -0.25) is 10.1 Å². The van der Waals surface area contributed by atoms with Gasteiger partial charge in [0.25, 0.3) is 5.91 Å². The van der Waals surface area contributed by atoms with Crippen LogP contribution in [0, 0.1) is 20.8 Å². The summed E-state index contributed by atoms with van der Waals surface area (Å²) in [5, 5.41) is 6.65. The van der Waals surface area contributed by atoms with Crippen molar-refractivity contribution < 1.29 is 13.6 Å². The molecule has 37 heavy (non-hydrogen) atoms. The second-order valence-electron chi connectivity index (χ2n) is 8.89. The van der Waals surface area contributed by atoms with Gasteiger partial charge in [0.05, 0.1) is 5.56 Å². The van der Waals surface area contributed by atoms with Crippen LogP contribution in [-0.2, 0) is 0 Å². The van der Waals surface area contributed by atoms with Crippen molar-refractivity contribution in [3.05, 3.63) is 112 Å². The molecule has 3 aromatic carbocycles. The van der Waals surface area contributed by atoms with Crippen LogP contribution < -0.4 is 16.3 Å². The molecule has 0 saturated carbocycles. The molecule has 7 heteroatoms. The van der Waals surface area contributed by atoms with Crippen molar-refractivity contribution in [1.29, 1.82) is 0 Å². The summed E-state index contributed by atoms with van der Waals surface area (Å²) in [6.07, 6.45) is 0. The van der Waals surface area contributed by atoms with Crippen molar-refractivity contribution in [2.45, 2.75) is 20.8 Å². The third-order valence-corrected chi connectivity index (χ3v) is 6.49. The highest BCUT2D eigenvalue weighted by Gasteiger charge is 2.15. The molecule has 2 N–H and O–H groups in total. The molecule has 2 heterocycles. The maximum atomic E-state index is 12.8. The third kappa shape index (κ3) is 5.08. The molecule has 0 unspecified atom stereocenters. The predicted molar refractivity (Wildman–Crippen MR) is 150 cm³/mol. The molecule has 0 aliphatic rings. The summed E-state index contributed by atoms with van der Waals surface area (Å²) in [4.78, 5) is 25.4. The zero-order chi connectivity index (χ0) is 26.1. The first-order valence-electron chi connectivity index (χ1n) is 11.7. The summed E-state index contributed by atoms with van der Waals surface area (Å²) in [5.41, 5.74) is 5.98. The van der Waals surface area contributed by atoms with Gasteiger partial charge < -0.3 is 14.2 Å². The van der Waals surface area contributed by atoms with Gasteiger partial charge in [-0.1, -0.05) is 42.5 Å². The summed E-state index contributed by atoms with van der Waals surface area (Å²) >= 11 is 5.39. The average molecular weight is 509 g/mol. The number of aryl methyl sites for hydroxylation is 3. The van der Waals surface area contributed by atoms with Crippen LogP contribution in [0.25, 0.3) is 33.4 Å². The van der Waals surface area contributed by atoms with E-state index in [0.717, 1.165) is 22.1 Å². The van der Waals surface area contributed by atoms with Gasteiger partial charge in [-0.25, -0.2) is 4.79 Å². The standard InChI is InChI=1S/C30H24N2O4S/c1-17-8-11-22(14-19(17)3)26-12-13-27(35-26)28(33)32-30(37)31-24-16-20(10-9-18(24)2)23-15-21-6-4-5-7-25(21)36-29(23)34/h4-16H,1-3H3,(H2,31,32,33,37). The monoisotopic (exact) mass is 508 g/mol. The number of carbonyl (C=O) groups excluding carboxylic acids is 1. The van der Waals surface area contributed by atoms with Crippen LogP contribution in [0.1, 0.15) is 27.2 Å². The Balaban J connectivity index is 1.32. The van der Waals surface area contributed by atoms with Gasteiger partial charge in [-0.15, -0.1) is 0 Å². The number of fused-ring (bicyclic) bond motifs is 1. The zero-order valence-electron chi connectivity index (χ0n) is 20.5. The topological polar surface area (TPSA) is 84.5 Å². The first kappa shape index (κ1) is 24.2.